The molecule has 29 heavy (non-hydrogen) atoms. The lowest BCUT2D eigenvalue weighted by molar-refractivity contribution is -0.121. The Hall–Kier alpha value is -2.15. The van der Waals surface area contributed by atoms with Crippen molar-refractivity contribution >= 4 is 16.7 Å². The smallest absolute Gasteiger partial charge is 0.216 e. The fraction of sp³-hybridized carbons (Fsp3) is 0.522. The van der Waals surface area contributed by atoms with E-state index in [1.165, 1.54) is 10.9 Å². The molecule has 0 bridgehead atoms. The quantitative estimate of drug-likeness (QED) is 0.839. The molecule has 0 aliphatic carbocycles. The molecular weight excluding hydrogens is 368 g/mol. The Balaban J connectivity index is 1.50. The predicted octanol–water partition coefficient (Wildman–Crippen LogP) is 2.73. The average Bonchev–Trinajstić information content (AvgIpc) is 3.01. The van der Waals surface area contributed by atoms with E-state index in [0.29, 0.717) is 19.8 Å². The van der Waals surface area contributed by atoms with Crippen molar-refractivity contribution in [3.8, 4) is 5.75 Å². The Morgan fingerprint density at radius 2 is 2.10 bits per heavy atom. The average molecular weight is 399 g/mol. The van der Waals surface area contributed by atoms with E-state index in [-0.39, 0.29) is 17.6 Å². The van der Waals surface area contributed by atoms with E-state index in [4.69, 9.17) is 14.2 Å². The van der Waals surface area contributed by atoms with Gasteiger partial charge in [-0.15, -0.1) is 0 Å². The zero-order chi connectivity index (χ0) is 20.3. The molecule has 6 heteroatoms. The summed E-state index contributed by atoms with van der Waals surface area (Å²) in [4.78, 5) is 13.7. The van der Waals surface area contributed by atoms with Gasteiger partial charge < -0.3 is 19.5 Å². The highest BCUT2D eigenvalue weighted by Gasteiger charge is 2.43. The number of rotatable bonds is 5. The number of carbonyl (C=O) groups excluding carboxylic acids is 1. The molecule has 0 saturated carbocycles. The highest BCUT2D eigenvalue weighted by atomic mass is 16.6. The van der Waals surface area contributed by atoms with Gasteiger partial charge in [0.1, 0.15) is 11.4 Å². The minimum atomic E-state index is -0.290. The van der Waals surface area contributed by atoms with Crippen molar-refractivity contribution in [2.75, 3.05) is 40.0 Å². The molecule has 2 atom stereocenters. The maximum atomic E-state index is 11.2. The maximum Gasteiger partial charge on any atom is 0.216 e. The summed E-state index contributed by atoms with van der Waals surface area (Å²) in [6.45, 7) is 5.99. The monoisotopic (exact) mass is 398 g/mol. The number of methoxy groups -OCH3 is 1. The molecule has 1 spiro atoms. The van der Waals surface area contributed by atoms with Gasteiger partial charge in [-0.25, -0.2) is 0 Å². The first kappa shape index (κ1) is 20.1. The van der Waals surface area contributed by atoms with E-state index in [9.17, 15) is 4.79 Å². The normalized spacial score (nSPS) is 25.2. The summed E-state index contributed by atoms with van der Waals surface area (Å²) in [5, 5.41) is 5.24. The Morgan fingerprint density at radius 1 is 1.28 bits per heavy atom. The number of nitrogens with zero attached hydrogens (tertiary/aromatic N) is 1. The molecule has 4 rings (SSSR count). The van der Waals surface area contributed by atoms with Crippen molar-refractivity contribution in [2.24, 2.45) is 0 Å². The van der Waals surface area contributed by atoms with Crippen LogP contribution in [-0.2, 0) is 20.8 Å². The van der Waals surface area contributed by atoms with Crippen LogP contribution in [0.3, 0.4) is 0 Å². The van der Waals surface area contributed by atoms with Crippen LogP contribution in [0.4, 0.5) is 0 Å². The van der Waals surface area contributed by atoms with E-state index < -0.39 is 0 Å². The SMILES string of the molecule is COc1ccc(CN2CCOC[C@]3(CC[C@@H](CNC(C)=O)O3)C2)c2ccccc12. The third-order valence-electron chi connectivity index (χ3n) is 5.93. The van der Waals surface area contributed by atoms with Crippen LogP contribution in [0.25, 0.3) is 10.8 Å². The molecule has 2 aromatic rings. The van der Waals surface area contributed by atoms with Gasteiger partial charge in [0.15, 0.2) is 0 Å². The first-order chi connectivity index (χ1) is 14.1. The Morgan fingerprint density at radius 3 is 2.90 bits per heavy atom. The van der Waals surface area contributed by atoms with Crippen LogP contribution in [0.5, 0.6) is 5.75 Å². The van der Waals surface area contributed by atoms with Crippen LogP contribution in [0.1, 0.15) is 25.3 Å². The second kappa shape index (κ2) is 8.69. The molecule has 2 aliphatic rings. The fourth-order valence-corrected chi connectivity index (χ4v) is 4.53. The number of hydrogen-bond acceptors (Lipinski definition) is 5. The van der Waals surface area contributed by atoms with Crippen LogP contribution < -0.4 is 10.1 Å². The number of amides is 1. The van der Waals surface area contributed by atoms with Gasteiger partial charge in [-0.1, -0.05) is 30.3 Å². The van der Waals surface area contributed by atoms with Crippen LogP contribution >= 0.6 is 0 Å². The topological polar surface area (TPSA) is 60.0 Å². The van der Waals surface area contributed by atoms with E-state index in [1.807, 2.05) is 6.07 Å². The summed E-state index contributed by atoms with van der Waals surface area (Å²) in [5.41, 5.74) is 0.994. The predicted molar refractivity (Wildman–Crippen MR) is 112 cm³/mol. The van der Waals surface area contributed by atoms with E-state index in [2.05, 4.69) is 40.5 Å². The summed E-state index contributed by atoms with van der Waals surface area (Å²) in [6, 6.07) is 12.6. The molecule has 2 saturated heterocycles. The van der Waals surface area contributed by atoms with E-state index in [1.54, 1.807) is 14.0 Å². The van der Waals surface area contributed by atoms with Gasteiger partial charge in [0.05, 0.1) is 26.4 Å². The molecule has 2 aromatic carbocycles. The van der Waals surface area contributed by atoms with Crippen LogP contribution in [0.15, 0.2) is 36.4 Å². The summed E-state index contributed by atoms with van der Waals surface area (Å²) < 4.78 is 17.9. The zero-order valence-corrected chi connectivity index (χ0v) is 17.3. The first-order valence-electron chi connectivity index (χ1n) is 10.4. The Labute approximate surface area is 172 Å². The molecule has 6 nitrogen and oxygen atoms in total. The molecule has 1 amide bonds. The van der Waals surface area contributed by atoms with Crippen molar-refractivity contribution in [3.63, 3.8) is 0 Å². The van der Waals surface area contributed by atoms with Crippen LogP contribution in [-0.4, -0.2) is 62.5 Å². The zero-order valence-electron chi connectivity index (χ0n) is 17.3. The number of benzene rings is 2. The second-order valence-electron chi connectivity index (χ2n) is 8.13. The first-order valence-corrected chi connectivity index (χ1v) is 10.4. The summed E-state index contributed by atoms with van der Waals surface area (Å²) >= 11 is 0. The highest BCUT2D eigenvalue weighted by Crippen LogP contribution is 2.34. The van der Waals surface area contributed by atoms with E-state index >= 15 is 0 Å². The molecule has 1 N–H and O–H groups in total. The largest absolute Gasteiger partial charge is 0.496 e. The third-order valence-corrected chi connectivity index (χ3v) is 5.93. The molecule has 0 radical (unpaired) electrons. The van der Waals surface area contributed by atoms with Crippen LogP contribution in [0.2, 0.25) is 0 Å². The van der Waals surface area contributed by atoms with Crippen LogP contribution in [0, 0.1) is 0 Å². The molecule has 0 unspecified atom stereocenters. The minimum absolute atomic E-state index is 0.0142. The van der Waals surface area contributed by atoms with Crippen molar-refractivity contribution in [1.82, 2.24) is 10.2 Å². The molecule has 0 aromatic heterocycles. The molecule has 2 aliphatic heterocycles. The summed E-state index contributed by atoms with van der Waals surface area (Å²) in [6.07, 6.45) is 1.96. The molecular formula is C23H30N2O4. The van der Waals surface area contributed by atoms with Crippen molar-refractivity contribution in [2.45, 2.75) is 38.0 Å². The standard InChI is InChI=1S/C23H30N2O4/c1-17(26)24-13-19-9-10-23(29-19)15-25(11-12-28-16-23)14-18-7-8-22(27-2)21-6-4-3-5-20(18)21/h3-8,19H,9-16H2,1-2H3,(H,24,26)/t19-,23-/m0/s1. The highest BCUT2D eigenvalue weighted by molar-refractivity contribution is 5.91. The fourth-order valence-electron chi connectivity index (χ4n) is 4.53. The lowest BCUT2D eigenvalue weighted by atomic mass is 9.99. The number of nitrogens with one attached hydrogen (secondary N) is 1. The Kier molecular flexibility index (Phi) is 6.04. The second-order valence-corrected chi connectivity index (χ2v) is 8.13. The minimum Gasteiger partial charge on any atom is -0.496 e. The van der Waals surface area contributed by atoms with E-state index in [0.717, 1.165) is 43.6 Å². The lowest BCUT2D eigenvalue weighted by Crippen LogP contribution is -2.45. The number of ether oxygens (including phenoxy) is 3. The van der Waals surface area contributed by atoms with Gasteiger partial charge in [0, 0.05) is 38.5 Å². The van der Waals surface area contributed by atoms with Gasteiger partial charge in [-0.05, 0) is 29.9 Å². The number of fused-ring (bicyclic) bond motifs is 1. The molecule has 2 fully saturated rings. The van der Waals surface area contributed by atoms with Crippen molar-refractivity contribution in [1.29, 1.82) is 0 Å². The van der Waals surface area contributed by atoms with Gasteiger partial charge >= 0.3 is 0 Å². The summed E-state index contributed by atoms with van der Waals surface area (Å²) in [7, 11) is 1.71. The lowest BCUT2D eigenvalue weighted by Gasteiger charge is -2.32. The Bertz CT molecular complexity index is 871. The molecule has 156 valence electrons. The third kappa shape index (κ3) is 4.55. The maximum absolute atomic E-state index is 11.2. The van der Waals surface area contributed by atoms with Gasteiger partial charge in [-0.3, -0.25) is 9.69 Å². The number of hydrogen-bond donors (Lipinski definition) is 1. The molecule has 2 heterocycles. The van der Waals surface area contributed by atoms with Crippen molar-refractivity contribution < 1.29 is 19.0 Å². The number of carbonyl (C=O) groups is 1. The van der Waals surface area contributed by atoms with Gasteiger partial charge in [-0.2, -0.15) is 0 Å². The van der Waals surface area contributed by atoms with Gasteiger partial charge in [0.25, 0.3) is 0 Å². The van der Waals surface area contributed by atoms with Crippen molar-refractivity contribution in [3.05, 3.63) is 42.0 Å². The summed E-state index contributed by atoms with van der Waals surface area (Å²) in [5.74, 6) is 0.889. The van der Waals surface area contributed by atoms with Gasteiger partial charge in [0.2, 0.25) is 5.91 Å².